The first-order chi connectivity index (χ1) is 7.26. The van der Waals surface area contributed by atoms with Crippen LogP contribution >= 0.6 is 0 Å². The van der Waals surface area contributed by atoms with Gasteiger partial charge in [-0.1, -0.05) is 19.8 Å². The summed E-state index contributed by atoms with van der Waals surface area (Å²) in [5.74, 6) is 0. The Morgan fingerprint density at radius 3 is 2.13 bits per heavy atom. The molecule has 15 heavy (non-hydrogen) atoms. The van der Waals surface area contributed by atoms with Crippen molar-refractivity contribution in [3.63, 3.8) is 0 Å². The molecule has 0 aromatic carbocycles. The van der Waals surface area contributed by atoms with Gasteiger partial charge < -0.3 is 14.6 Å². The maximum Gasteiger partial charge on any atom is 0.324 e. The minimum absolute atomic E-state index is 0.614. The molecule has 0 aliphatic carbocycles. The smallest absolute Gasteiger partial charge is 0.324 e. The summed E-state index contributed by atoms with van der Waals surface area (Å²) in [6, 6.07) is 0. The summed E-state index contributed by atoms with van der Waals surface area (Å²) >= 11 is 0. The number of hydrogen-bond donors (Lipinski definition) is 1. The number of unbranched alkanes of at least 4 members (excludes halogenated alkanes) is 2. The third-order valence-corrected chi connectivity index (χ3v) is 5.08. The molecular formula is C11H27NO2Si. The van der Waals surface area contributed by atoms with Crippen molar-refractivity contribution in [2.24, 2.45) is 5.73 Å². The second kappa shape index (κ2) is 10.6. The lowest BCUT2D eigenvalue weighted by Crippen LogP contribution is -2.27. The minimum atomic E-state index is -1.41. The van der Waals surface area contributed by atoms with Crippen molar-refractivity contribution in [3.8, 4) is 0 Å². The van der Waals surface area contributed by atoms with Crippen molar-refractivity contribution in [2.45, 2.75) is 52.0 Å². The van der Waals surface area contributed by atoms with E-state index in [-0.39, 0.29) is 0 Å². The molecule has 0 amide bonds. The van der Waals surface area contributed by atoms with Crippen LogP contribution in [0.4, 0.5) is 0 Å². The lowest BCUT2D eigenvalue weighted by Gasteiger charge is -2.21. The Morgan fingerprint density at radius 1 is 1.07 bits per heavy atom. The molecule has 0 heterocycles. The van der Waals surface area contributed by atoms with Gasteiger partial charge in [-0.3, -0.25) is 0 Å². The number of nitrogens with two attached hydrogens (primary N) is 1. The van der Waals surface area contributed by atoms with Crippen LogP contribution in [0.25, 0.3) is 0 Å². The average molecular weight is 233 g/mol. The summed E-state index contributed by atoms with van der Waals surface area (Å²) in [6.45, 7) is 8.71. The van der Waals surface area contributed by atoms with E-state index in [0.29, 0.717) is 5.54 Å². The molecule has 0 radical (unpaired) electrons. The van der Waals surface area contributed by atoms with E-state index in [0.717, 1.165) is 26.2 Å². The van der Waals surface area contributed by atoms with E-state index < -0.39 is 9.28 Å². The third kappa shape index (κ3) is 7.96. The summed E-state index contributed by atoms with van der Waals surface area (Å²) in [5, 5.41) is 0. The van der Waals surface area contributed by atoms with Gasteiger partial charge in [0, 0.05) is 13.2 Å². The summed E-state index contributed by atoms with van der Waals surface area (Å²) in [5.41, 5.74) is 6.07. The second-order valence-electron chi connectivity index (χ2n) is 3.89. The van der Waals surface area contributed by atoms with Gasteiger partial charge in [0.05, 0.1) is 0 Å². The van der Waals surface area contributed by atoms with E-state index in [1.54, 1.807) is 0 Å². The molecule has 0 saturated heterocycles. The van der Waals surface area contributed by atoms with Gasteiger partial charge in [-0.2, -0.15) is 0 Å². The summed E-state index contributed by atoms with van der Waals surface area (Å²) in [4.78, 5) is 0. The molecule has 0 fully saturated rings. The van der Waals surface area contributed by atoms with Crippen LogP contribution < -0.4 is 5.73 Å². The van der Waals surface area contributed by atoms with Crippen molar-refractivity contribution < 1.29 is 8.85 Å². The van der Waals surface area contributed by atoms with Crippen LogP contribution in [0.15, 0.2) is 0 Å². The Morgan fingerprint density at radius 2 is 1.67 bits per heavy atom. The molecule has 4 heteroatoms. The Bertz CT molecular complexity index is 130. The van der Waals surface area contributed by atoms with Crippen LogP contribution in [0.1, 0.15) is 46.5 Å². The molecular weight excluding hydrogens is 206 g/mol. The maximum atomic E-state index is 5.69. The predicted octanol–water partition coefficient (Wildman–Crippen LogP) is 2.19. The molecule has 1 unspecified atom stereocenters. The van der Waals surface area contributed by atoms with Gasteiger partial charge in [0.25, 0.3) is 0 Å². The van der Waals surface area contributed by atoms with Crippen LogP contribution in [-0.2, 0) is 8.85 Å². The van der Waals surface area contributed by atoms with Crippen molar-refractivity contribution in [3.05, 3.63) is 0 Å². The van der Waals surface area contributed by atoms with Crippen LogP contribution in [-0.4, -0.2) is 29.0 Å². The molecule has 0 bridgehead atoms. The summed E-state index contributed by atoms with van der Waals surface area (Å²) in [7, 11) is -1.41. The molecule has 1 atom stereocenters. The lowest BCUT2D eigenvalue weighted by atomic mass is 10.1. The van der Waals surface area contributed by atoms with Crippen molar-refractivity contribution in [1.29, 1.82) is 0 Å². The van der Waals surface area contributed by atoms with Gasteiger partial charge in [0.1, 0.15) is 0 Å². The number of rotatable bonds is 10. The largest absolute Gasteiger partial charge is 0.397 e. The van der Waals surface area contributed by atoms with Gasteiger partial charge >= 0.3 is 9.28 Å². The average Bonchev–Trinajstić information content (AvgIpc) is 2.24. The van der Waals surface area contributed by atoms with Crippen LogP contribution in [0.5, 0.6) is 0 Å². The van der Waals surface area contributed by atoms with Crippen molar-refractivity contribution >= 4 is 9.28 Å². The molecule has 2 N–H and O–H groups in total. The van der Waals surface area contributed by atoms with Gasteiger partial charge in [-0.25, -0.2) is 0 Å². The molecule has 0 spiro atoms. The van der Waals surface area contributed by atoms with E-state index in [2.05, 4.69) is 6.92 Å². The van der Waals surface area contributed by atoms with E-state index in [1.807, 2.05) is 13.8 Å². The summed E-state index contributed by atoms with van der Waals surface area (Å²) < 4.78 is 11.4. The fourth-order valence-corrected chi connectivity index (χ4v) is 3.55. The second-order valence-corrected chi connectivity index (χ2v) is 6.44. The van der Waals surface area contributed by atoms with Crippen molar-refractivity contribution in [1.82, 2.24) is 0 Å². The molecule has 0 aliphatic rings. The normalized spacial score (nSPS) is 13.4. The minimum Gasteiger partial charge on any atom is -0.397 e. The fraction of sp³-hybridized carbons (Fsp3) is 1.00. The van der Waals surface area contributed by atoms with E-state index >= 15 is 0 Å². The highest BCUT2D eigenvalue weighted by atomic mass is 28.3. The Balaban J connectivity index is 3.65. The van der Waals surface area contributed by atoms with Crippen molar-refractivity contribution in [2.75, 3.05) is 19.8 Å². The highest BCUT2D eigenvalue weighted by molar-refractivity contribution is 6.46. The number of hydrogen-bond acceptors (Lipinski definition) is 3. The lowest BCUT2D eigenvalue weighted by molar-refractivity contribution is 0.203. The summed E-state index contributed by atoms with van der Waals surface area (Å²) in [6.07, 6.45) is 4.85. The van der Waals surface area contributed by atoms with E-state index in [1.165, 1.54) is 19.3 Å². The fourth-order valence-electron chi connectivity index (χ4n) is 1.63. The predicted molar refractivity (Wildman–Crippen MR) is 67.3 cm³/mol. The van der Waals surface area contributed by atoms with Gasteiger partial charge in [-0.05, 0) is 38.8 Å². The zero-order valence-electron chi connectivity index (χ0n) is 10.5. The molecule has 92 valence electrons. The standard InChI is InChI=1S/C11H27NO2Si/c1-4-13-15(14-5-2)11(3)9-7-6-8-10-12/h11,15H,4-10,12H2,1-3H3. The zero-order chi connectivity index (χ0) is 11.5. The monoisotopic (exact) mass is 233 g/mol. The first-order valence-electron chi connectivity index (χ1n) is 6.19. The SMILES string of the molecule is CCO[SiH](OCC)C(C)CCCCCN. The van der Waals surface area contributed by atoms with E-state index in [9.17, 15) is 0 Å². The molecule has 0 aromatic heterocycles. The third-order valence-electron chi connectivity index (χ3n) is 2.49. The van der Waals surface area contributed by atoms with Crippen LogP contribution in [0.3, 0.4) is 0 Å². The maximum absolute atomic E-state index is 5.69. The molecule has 0 aliphatic heterocycles. The molecule has 3 nitrogen and oxygen atoms in total. The highest BCUT2D eigenvalue weighted by Crippen LogP contribution is 2.19. The Labute approximate surface area is 96.2 Å². The molecule has 0 saturated carbocycles. The van der Waals surface area contributed by atoms with Gasteiger partial charge in [0.2, 0.25) is 0 Å². The van der Waals surface area contributed by atoms with Gasteiger partial charge in [-0.15, -0.1) is 0 Å². The first kappa shape index (κ1) is 15.1. The van der Waals surface area contributed by atoms with Crippen LogP contribution in [0.2, 0.25) is 5.54 Å². The van der Waals surface area contributed by atoms with E-state index in [4.69, 9.17) is 14.6 Å². The van der Waals surface area contributed by atoms with Gasteiger partial charge in [0.15, 0.2) is 0 Å². The highest BCUT2D eigenvalue weighted by Gasteiger charge is 2.20. The zero-order valence-corrected chi connectivity index (χ0v) is 11.7. The quantitative estimate of drug-likeness (QED) is 0.465. The molecule has 0 aromatic rings. The Hall–Kier alpha value is 0.0969. The topological polar surface area (TPSA) is 44.5 Å². The van der Waals surface area contributed by atoms with Crippen LogP contribution in [0, 0.1) is 0 Å². The molecule has 0 rings (SSSR count). The Kier molecular flexibility index (Phi) is 10.7. The first-order valence-corrected chi connectivity index (χ1v) is 7.80.